The van der Waals surface area contributed by atoms with Crippen molar-refractivity contribution in [1.29, 1.82) is 0 Å². The summed E-state index contributed by atoms with van der Waals surface area (Å²) < 4.78 is 0. The van der Waals surface area contributed by atoms with Crippen LogP contribution in [0.5, 0.6) is 0 Å². The number of fused-ring (bicyclic) bond motifs is 5. The molecule has 8 atom stereocenters. The fraction of sp³-hybridized carbons (Fsp3) is 0.955. The first-order valence-electron chi connectivity index (χ1n) is 10.6. The van der Waals surface area contributed by atoms with Gasteiger partial charge in [0.15, 0.2) is 0 Å². The number of carbonyl (C=O) groups excluding carboxylic acids is 1. The zero-order chi connectivity index (χ0) is 19.1. The number of aliphatic hydroxyl groups is 1. The van der Waals surface area contributed by atoms with Gasteiger partial charge in [-0.3, -0.25) is 4.79 Å². The molecule has 0 aliphatic heterocycles. The van der Waals surface area contributed by atoms with Gasteiger partial charge in [0, 0.05) is 5.92 Å². The van der Waals surface area contributed by atoms with E-state index in [-0.39, 0.29) is 5.41 Å². The van der Waals surface area contributed by atoms with Gasteiger partial charge in [-0.1, -0.05) is 22.9 Å². The Morgan fingerprint density at radius 1 is 1.00 bits per heavy atom. The molecule has 0 aromatic carbocycles. The van der Waals surface area contributed by atoms with Crippen LogP contribution in [0.15, 0.2) is 0 Å². The molecule has 4 saturated carbocycles. The highest BCUT2D eigenvalue weighted by molar-refractivity contribution is 9.09. The minimum atomic E-state index is -0.419. The Balaban J connectivity index is 0.000000948. The highest BCUT2D eigenvalue weighted by Gasteiger charge is 2.58. The third-order valence-electron chi connectivity index (χ3n) is 8.76. The summed E-state index contributed by atoms with van der Waals surface area (Å²) in [5, 5.41) is 11.0. The van der Waals surface area contributed by atoms with Crippen LogP contribution in [0.4, 0.5) is 0 Å². The molecule has 0 amide bonds. The number of Topliss-reactive ketones (excluding diaryl/α,β-unsaturated/α-hetero) is 1. The molecule has 0 saturated heterocycles. The first-order valence-corrected chi connectivity index (χ1v) is 12.6. The van der Waals surface area contributed by atoms with Gasteiger partial charge in [0.25, 0.3) is 0 Å². The van der Waals surface area contributed by atoms with Crippen molar-refractivity contribution in [1.82, 2.24) is 0 Å². The molecule has 2 nitrogen and oxygen atoms in total. The van der Waals surface area contributed by atoms with Gasteiger partial charge < -0.3 is 5.11 Å². The number of ketones is 1. The maximum Gasteiger partial charge on any atom is 0.147 e. The Labute approximate surface area is 173 Å². The zero-order valence-electron chi connectivity index (χ0n) is 16.7. The highest BCUT2D eigenvalue weighted by Crippen LogP contribution is 2.64. The van der Waals surface area contributed by atoms with E-state index < -0.39 is 5.60 Å². The van der Waals surface area contributed by atoms with E-state index >= 15 is 0 Å². The monoisotopic (exact) mass is 444 g/mol. The first-order chi connectivity index (χ1) is 12.4. The predicted octanol–water partition coefficient (Wildman–Crippen LogP) is 5.52. The van der Waals surface area contributed by atoms with Crippen molar-refractivity contribution in [2.75, 3.05) is 11.6 Å². The Hall–Kier alpha value is 0.460. The van der Waals surface area contributed by atoms with Crippen molar-refractivity contribution in [3.63, 3.8) is 0 Å². The third-order valence-corrected chi connectivity index (χ3v) is 9.31. The molecule has 0 radical (unpaired) electrons. The van der Waals surface area contributed by atoms with Crippen LogP contribution in [-0.2, 0) is 4.79 Å². The predicted molar refractivity (Wildman–Crippen MR) is 115 cm³/mol. The number of halogens is 1. The van der Waals surface area contributed by atoms with Gasteiger partial charge in [0.05, 0.1) is 10.9 Å². The molecule has 0 heterocycles. The van der Waals surface area contributed by atoms with E-state index in [0.717, 1.165) is 48.9 Å². The summed E-state index contributed by atoms with van der Waals surface area (Å²) in [6.45, 7) is 4.48. The van der Waals surface area contributed by atoms with E-state index in [1.807, 2.05) is 6.92 Å². The first kappa shape index (κ1) is 21.2. The summed E-state index contributed by atoms with van der Waals surface area (Å²) in [5.74, 6) is 4.83. The zero-order valence-corrected chi connectivity index (χ0v) is 19.2. The minimum absolute atomic E-state index is 0.263. The lowest BCUT2D eigenvalue weighted by molar-refractivity contribution is -0.129. The van der Waals surface area contributed by atoms with Crippen LogP contribution >= 0.6 is 28.6 Å². The summed E-state index contributed by atoms with van der Waals surface area (Å²) in [7, 11) is 0. The number of hydrogen-bond donors (Lipinski definition) is 2. The number of alkyl halides is 1. The van der Waals surface area contributed by atoms with Crippen molar-refractivity contribution < 1.29 is 9.90 Å². The van der Waals surface area contributed by atoms with Crippen LogP contribution in [0.1, 0.15) is 71.6 Å². The largest absolute Gasteiger partial charge is 0.390 e. The lowest BCUT2D eigenvalue weighted by atomic mass is 9.49. The second-order valence-electron chi connectivity index (χ2n) is 9.95. The molecule has 0 aromatic rings. The third kappa shape index (κ3) is 3.56. The summed E-state index contributed by atoms with van der Waals surface area (Å²) >= 11 is 6.95. The van der Waals surface area contributed by atoms with Gasteiger partial charge in [-0.25, -0.2) is 0 Å². The van der Waals surface area contributed by atoms with Crippen LogP contribution in [0.25, 0.3) is 0 Å². The number of thiol groups is 1. The summed E-state index contributed by atoms with van der Waals surface area (Å²) in [4.78, 5) is 12.5. The lowest BCUT2D eigenvalue weighted by Gasteiger charge is -2.56. The quantitative estimate of drug-likeness (QED) is 0.434. The molecular weight excluding hydrogens is 408 g/mol. The summed E-state index contributed by atoms with van der Waals surface area (Å²) in [6, 6.07) is 0. The molecule has 4 rings (SSSR count). The van der Waals surface area contributed by atoms with E-state index in [4.69, 9.17) is 0 Å². The molecule has 0 spiro atoms. The van der Waals surface area contributed by atoms with E-state index in [9.17, 15) is 9.90 Å². The molecular formula is C22H37BrO2S. The second kappa shape index (κ2) is 8.06. The van der Waals surface area contributed by atoms with Crippen LogP contribution in [0.2, 0.25) is 0 Å². The van der Waals surface area contributed by atoms with Crippen LogP contribution in [0, 0.1) is 40.9 Å². The Morgan fingerprint density at radius 3 is 2.38 bits per heavy atom. The number of rotatable bonds is 2. The van der Waals surface area contributed by atoms with Gasteiger partial charge in [-0.05, 0) is 106 Å². The average molecular weight is 446 g/mol. The minimum Gasteiger partial charge on any atom is -0.390 e. The normalized spacial score (nSPS) is 49.9. The fourth-order valence-electron chi connectivity index (χ4n) is 7.70. The topological polar surface area (TPSA) is 37.3 Å². The smallest absolute Gasteiger partial charge is 0.147 e. The Bertz CT molecular complexity index is 522. The Kier molecular flexibility index (Phi) is 6.57. The molecule has 1 N–H and O–H groups in total. The van der Waals surface area contributed by atoms with Crippen molar-refractivity contribution in [3.05, 3.63) is 0 Å². The maximum atomic E-state index is 12.5. The molecule has 4 aliphatic rings. The summed E-state index contributed by atoms with van der Waals surface area (Å²) in [5.41, 5.74) is -0.156. The van der Waals surface area contributed by atoms with E-state index in [2.05, 4.69) is 35.5 Å². The fourth-order valence-corrected chi connectivity index (χ4v) is 8.09. The summed E-state index contributed by atoms with van der Waals surface area (Å²) in [6.07, 6.45) is 12.6. The number of carbonyl (C=O) groups is 1. The maximum absolute atomic E-state index is 12.5. The number of hydrogen-bond acceptors (Lipinski definition) is 3. The molecule has 150 valence electrons. The van der Waals surface area contributed by atoms with Gasteiger partial charge in [-0.15, -0.1) is 0 Å². The molecule has 4 aliphatic carbocycles. The molecule has 4 fully saturated rings. The van der Waals surface area contributed by atoms with E-state index in [1.54, 1.807) is 6.26 Å². The SMILES string of the molecule is CS.C[C@@]1(O)CC[C@H]2[C@H](CC[C@@H]3[C@@H]2CC[C@]2(C)[C@@H](C(=O)CBr)CC[C@@H]32)C1. The van der Waals surface area contributed by atoms with E-state index in [0.29, 0.717) is 17.0 Å². The molecule has 4 heteroatoms. The lowest BCUT2D eigenvalue weighted by Crippen LogP contribution is -2.51. The van der Waals surface area contributed by atoms with Gasteiger partial charge in [-0.2, -0.15) is 12.6 Å². The van der Waals surface area contributed by atoms with Crippen molar-refractivity contribution in [3.8, 4) is 0 Å². The van der Waals surface area contributed by atoms with Crippen molar-refractivity contribution in [2.45, 2.75) is 77.2 Å². The second-order valence-corrected chi connectivity index (χ2v) is 10.5. The van der Waals surface area contributed by atoms with Gasteiger partial charge >= 0.3 is 0 Å². The van der Waals surface area contributed by atoms with Gasteiger partial charge in [0.2, 0.25) is 0 Å². The van der Waals surface area contributed by atoms with Crippen LogP contribution in [-0.4, -0.2) is 28.1 Å². The standard InChI is InChI=1S/C21H33BrO2.CH4S/c1-20(24)9-7-14-13(11-20)3-4-16-15(14)8-10-21(2)17(16)5-6-18(21)19(23)12-22;1-2/h13-18,24H,3-12H2,1-2H3;2H,1H3/t13-,14+,15-,16-,17+,18-,20-,21+;/m1./s1. The Morgan fingerprint density at radius 2 is 1.69 bits per heavy atom. The van der Waals surface area contributed by atoms with Crippen LogP contribution in [0.3, 0.4) is 0 Å². The van der Waals surface area contributed by atoms with Crippen molar-refractivity contribution >= 4 is 34.3 Å². The van der Waals surface area contributed by atoms with Gasteiger partial charge in [0.1, 0.15) is 5.78 Å². The average Bonchev–Trinajstić information content (AvgIpc) is 2.98. The molecule has 26 heavy (non-hydrogen) atoms. The molecule has 0 bridgehead atoms. The van der Waals surface area contributed by atoms with Crippen LogP contribution < -0.4 is 0 Å². The molecule has 0 aromatic heterocycles. The molecule has 0 unspecified atom stereocenters. The highest BCUT2D eigenvalue weighted by atomic mass is 79.9. The van der Waals surface area contributed by atoms with Crippen molar-refractivity contribution in [2.24, 2.45) is 40.9 Å². The van der Waals surface area contributed by atoms with E-state index in [1.165, 1.54) is 38.5 Å².